The maximum Gasteiger partial charge on any atom is 0.292 e. The van der Waals surface area contributed by atoms with Crippen molar-refractivity contribution in [3.8, 4) is 0 Å². The van der Waals surface area contributed by atoms with E-state index in [4.69, 9.17) is 0 Å². The summed E-state index contributed by atoms with van der Waals surface area (Å²) in [5.41, 5.74) is 1.94. The fourth-order valence-electron chi connectivity index (χ4n) is 3.15. The Morgan fingerprint density at radius 2 is 1.96 bits per heavy atom. The van der Waals surface area contributed by atoms with E-state index in [1.165, 1.54) is 24.0 Å². The first kappa shape index (κ1) is 18.7. The van der Waals surface area contributed by atoms with Crippen LogP contribution in [0.25, 0.3) is 0 Å². The van der Waals surface area contributed by atoms with Crippen molar-refractivity contribution >= 4 is 29.1 Å². The van der Waals surface area contributed by atoms with Gasteiger partial charge >= 0.3 is 0 Å². The molecule has 6 nitrogen and oxygen atoms in total. The average Bonchev–Trinajstić information content (AvgIpc) is 2.89. The van der Waals surface area contributed by atoms with Gasteiger partial charge in [-0.25, -0.2) is 9.29 Å². The molecule has 1 aliphatic heterocycles. The summed E-state index contributed by atoms with van der Waals surface area (Å²) >= 11 is 0. The number of carbonyl (C=O) groups excluding carboxylic acids is 3. The zero-order chi connectivity index (χ0) is 19.4. The molecule has 0 unspecified atom stereocenters. The minimum Gasteiger partial charge on any atom is -0.335 e. The van der Waals surface area contributed by atoms with E-state index in [9.17, 15) is 18.8 Å². The van der Waals surface area contributed by atoms with E-state index in [-0.39, 0.29) is 30.0 Å². The van der Waals surface area contributed by atoms with Gasteiger partial charge in [-0.2, -0.15) is 0 Å². The minimum absolute atomic E-state index is 0.134. The van der Waals surface area contributed by atoms with Gasteiger partial charge in [0.25, 0.3) is 5.91 Å². The number of hydrogen-bond donors (Lipinski definition) is 2. The van der Waals surface area contributed by atoms with E-state index < -0.39 is 6.04 Å². The van der Waals surface area contributed by atoms with Crippen molar-refractivity contribution in [1.29, 1.82) is 0 Å². The third-order valence-corrected chi connectivity index (χ3v) is 4.40. The average molecular weight is 370 g/mol. The van der Waals surface area contributed by atoms with Gasteiger partial charge in [-0.15, -0.1) is 0 Å². The van der Waals surface area contributed by atoms with Gasteiger partial charge in [-0.3, -0.25) is 14.4 Å². The molecule has 0 aromatic heterocycles. The molecule has 1 atom stereocenters. The normalized spacial score (nSPS) is 16.7. The predicted molar refractivity (Wildman–Crippen MR) is 98.5 cm³/mol. The standard InChI is InChI=1S/C20H20FN3O3/c1-13(25)23-16-5-7-17(8-6-16)24-19(26)12-18(20(24)27)22-10-9-14-3-2-4-15(21)11-14/h2-8,11,18,22H,9-10,12H2,1H3,(H,23,25)/p+1/t18-/m0/s1. The molecule has 0 spiro atoms. The maximum atomic E-state index is 13.2. The van der Waals surface area contributed by atoms with Crippen LogP contribution in [0, 0.1) is 5.82 Å². The number of imide groups is 1. The number of anilines is 2. The van der Waals surface area contributed by atoms with Crippen LogP contribution in [0.2, 0.25) is 0 Å². The number of amides is 3. The Kier molecular flexibility index (Phi) is 5.61. The van der Waals surface area contributed by atoms with Crippen molar-refractivity contribution in [1.82, 2.24) is 0 Å². The van der Waals surface area contributed by atoms with Gasteiger partial charge in [0.2, 0.25) is 11.8 Å². The number of nitrogens with zero attached hydrogens (tertiary/aromatic N) is 1. The van der Waals surface area contributed by atoms with Crippen LogP contribution >= 0.6 is 0 Å². The fraction of sp³-hybridized carbons (Fsp3) is 0.250. The van der Waals surface area contributed by atoms with E-state index in [0.29, 0.717) is 24.3 Å². The Bertz CT molecular complexity index is 867. The Morgan fingerprint density at radius 3 is 2.63 bits per heavy atom. The summed E-state index contributed by atoms with van der Waals surface area (Å²) < 4.78 is 13.2. The van der Waals surface area contributed by atoms with Crippen LogP contribution in [-0.4, -0.2) is 30.3 Å². The number of rotatable bonds is 6. The van der Waals surface area contributed by atoms with Gasteiger partial charge < -0.3 is 10.6 Å². The number of halogens is 1. The lowest BCUT2D eigenvalue weighted by atomic mass is 10.1. The van der Waals surface area contributed by atoms with Crippen molar-refractivity contribution in [2.45, 2.75) is 25.8 Å². The topological polar surface area (TPSA) is 83.1 Å². The van der Waals surface area contributed by atoms with Crippen molar-refractivity contribution in [2.24, 2.45) is 0 Å². The number of nitrogens with two attached hydrogens (primary N) is 1. The van der Waals surface area contributed by atoms with E-state index in [0.717, 1.165) is 5.56 Å². The van der Waals surface area contributed by atoms with Crippen molar-refractivity contribution in [3.05, 3.63) is 59.9 Å². The highest BCUT2D eigenvalue weighted by atomic mass is 19.1. The van der Waals surface area contributed by atoms with Gasteiger partial charge in [-0.05, 0) is 42.0 Å². The minimum atomic E-state index is -0.471. The maximum absolute atomic E-state index is 13.2. The summed E-state index contributed by atoms with van der Waals surface area (Å²) in [6, 6.07) is 12.5. The van der Waals surface area contributed by atoms with Crippen LogP contribution in [0.4, 0.5) is 15.8 Å². The lowest BCUT2D eigenvalue weighted by molar-refractivity contribution is -0.674. The van der Waals surface area contributed by atoms with Crippen molar-refractivity contribution in [2.75, 3.05) is 16.8 Å². The molecule has 3 rings (SSSR count). The van der Waals surface area contributed by atoms with Crippen molar-refractivity contribution in [3.63, 3.8) is 0 Å². The summed E-state index contributed by atoms with van der Waals surface area (Å²) in [5.74, 6) is -0.983. The van der Waals surface area contributed by atoms with E-state index in [1.807, 2.05) is 11.4 Å². The molecule has 1 aliphatic rings. The first-order valence-corrected chi connectivity index (χ1v) is 8.76. The molecule has 2 aromatic carbocycles. The summed E-state index contributed by atoms with van der Waals surface area (Å²) in [7, 11) is 0. The molecule has 27 heavy (non-hydrogen) atoms. The van der Waals surface area contributed by atoms with Gasteiger partial charge in [0.15, 0.2) is 6.04 Å². The van der Waals surface area contributed by atoms with Gasteiger partial charge in [0.05, 0.1) is 18.7 Å². The Labute approximate surface area is 156 Å². The number of carbonyl (C=O) groups is 3. The van der Waals surface area contributed by atoms with Gasteiger partial charge in [0.1, 0.15) is 5.82 Å². The first-order chi connectivity index (χ1) is 12.9. The van der Waals surface area contributed by atoms with Gasteiger partial charge in [-0.1, -0.05) is 12.1 Å². The fourth-order valence-corrected chi connectivity index (χ4v) is 3.15. The highest BCUT2D eigenvalue weighted by molar-refractivity contribution is 6.21. The zero-order valence-electron chi connectivity index (χ0n) is 14.9. The second-order valence-corrected chi connectivity index (χ2v) is 6.51. The van der Waals surface area contributed by atoms with E-state index in [1.54, 1.807) is 30.3 Å². The van der Waals surface area contributed by atoms with Gasteiger partial charge in [0, 0.05) is 19.0 Å². The molecule has 140 valence electrons. The molecule has 1 heterocycles. The molecule has 1 fully saturated rings. The first-order valence-electron chi connectivity index (χ1n) is 8.76. The SMILES string of the molecule is CC(=O)Nc1ccc(N2C(=O)C[C@H]([NH2+]CCc3cccc(F)c3)C2=O)cc1. The zero-order valence-corrected chi connectivity index (χ0v) is 14.9. The second kappa shape index (κ2) is 8.09. The highest BCUT2D eigenvalue weighted by Crippen LogP contribution is 2.23. The number of hydrogen-bond acceptors (Lipinski definition) is 3. The van der Waals surface area contributed by atoms with Crippen LogP contribution in [0.5, 0.6) is 0 Å². The molecule has 0 aliphatic carbocycles. The Morgan fingerprint density at radius 1 is 1.22 bits per heavy atom. The number of benzene rings is 2. The lowest BCUT2D eigenvalue weighted by Crippen LogP contribution is -2.92. The van der Waals surface area contributed by atoms with Crippen LogP contribution in [0.3, 0.4) is 0 Å². The lowest BCUT2D eigenvalue weighted by Gasteiger charge is -2.15. The number of nitrogens with one attached hydrogen (secondary N) is 1. The second-order valence-electron chi connectivity index (χ2n) is 6.51. The summed E-state index contributed by atoms with van der Waals surface area (Å²) in [6.07, 6.45) is 0.747. The monoisotopic (exact) mass is 370 g/mol. The van der Waals surface area contributed by atoms with Crippen LogP contribution < -0.4 is 15.5 Å². The smallest absolute Gasteiger partial charge is 0.292 e. The van der Waals surface area contributed by atoms with Crippen LogP contribution in [0.15, 0.2) is 48.5 Å². The van der Waals surface area contributed by atoms with E-state index >= 15 is 0 Å². The largest absolute Gasteiger partial charge is 0.335 e. The van der Waals surface area contributed by atoms with E-state index in [2.05, 4.69) is 5.32 Å². The van der Waals surface area contributed by atoms with Crippen LogP contribution in [0.1, 0.15) is 18.9 Å². The molecule has 7 heteroatoms. The molecule has 0 saturated carbocycles. The summed E-state index contributed by atoms with van der Waals surface area (Å²) in [5, 5.41) is 4.47. The van der Waals surface area contributed by atoms with Crippen molar-refractivity contribution < 1.29 is 24.1 Å². The quantitative estimate of drug-likeness (QED) is 0.750. The highest BCUT2D eigenvalue weighted by Gasteiger charge is 2.42. The molecule has 3 N–H and O–H groups in total. The summed E-state index contributed by atoms with van der Waals surface area (Å²) in [6.45, 7) is 1.99. The predicted octanol–water partition coefficient (Wildman–Crippen LogP) is 1.22. The molecule has 0 radical (unpaired) electrons. The molecular formula is C20H21FN3O3+. The molecule has 3 amide bonds. The third-order valence-electron chi connectivity index (χ3n) is 4.40. The molecule has 1 saturated heterocycles. The number of quaternary nitrogens is 1. The van der Waals surface area contributed by atoms with Crippen LogP contribution in [-0.2, 0) is 20.8 Å². The Hall–Kier alpha value is -3.06. The summed E-state index contributed by atoms with van der Waals surface area (Å²) in [4.78, 5) is 37.2. The third kappa shape index (κ3) is 4.57. The molecule has 2 aromatic rings. The molecule has 0 bridgehead atoms. The molecular weight excluding hydrogens is 349 g/mol. The Balaban J connectivity index is 1.60.